The summed E-state index contributed by atoms with van der Waals surface area (Å²) < 4.78 is 5.50. The van der Waals surface area contributed by atoms with Crippen LogP contribution in [0.25, 0.3) is 0 Å². The molecule has 0 aromatic carbocycles. The average molecular weight is 724 g/mol. The van der Waals surface area contributed by atoms with Crippen LogP contribution in [0.15, 0.2) is 12.7 Å². The van der Waals surface area contributed by atoms with E-state index in [1.54, 1.807) is 0 Å². The van der Waals surface area contributed by atoms with Gasteiger partial charge in [0.1, 0.15) is 17.9 Å². The lowest BCUT2D eigenvalue weighted by Gasteiger charge is -2.33. The fraction of sp³-hybridized carbons (Fsp3) is 0.795. The standard InChI is InChI=1S/C19H34N2O4.C15H25N3O3.C3H8.C2H6/c1-18(2,3)14(12-22)20-17(24)21-15(13-10-8-7-9-11-13)16(23)25-19(4,5)6;1-4-7-11(13(19)15(21)16-9-5-2)17-14(20)12-8-6-10-18(12)3;1-3-2;1-2/h12-15H,7-11H2,1-6H3,(H2,20,21,24);5,11-12H,2,4,6-10H2,1,3H3,(H,16,21)(H,17,20);3H2,1-2H3;1-2H3/t14?,15-;;;/m0.../s1. The molecule has 3 unspecified atom stereocenters. The minimum Gasteiger partial charge on any atom is -0.458 e. The third kappa shape index (κ3) is 21.0. The van der Waals surface area contributed by atoms with E-state index in [-0.39, 0.29) is 24.4 Å². The van der Waals surface area contributed by atoms with E-state index in [4.69, 9.17) is 4.74 Å². The Bertz CT molecular complexity index is 1060. The number of nitrogens with zero attached hydrogens (tertiary/aromatic N) is 1. The van der Waals surface area contributed by atoms with Gasteiger partial charge in [-0.1, -0.05) is 93.6 Å². The van der Waals surface area contributed by atoms with Gasteiger partial charge in [0.15, 0.2) is 0 Å². The number of hydrogen-bond acceptors (Lipinski definition) is 8. The maximum atomic E-state index is 12.6. The molecule has 4 N–H and O–H groups in total. The third-order valence-electron chi connectivity index (χ3n) is 8.09. The van der Waals surface area contributed by atoms with Crippen LogP contribution in [0.1, 0.15) is 140 Å². The molecule has 1 heterocycles. The van der Waals surface area contributed by atoms with Crippen molar-refractivity contribution in [1.82, 2.24) is 26.2 Å². The van der Waals surface area contributed by atoms with Gasteiger partial charge in [-0.05, 0) is 77.8 Å². The molecule has 296 valence electrons. The number of rotatable bonds is 13. The van der Waals surface area contributed by atoms with E-state index >= 15 is 0 Å². The number of likely N-dealkylation sites (tertiary alicyclic amines) is 1. The Kier molecular flexibility index (Phi) is 25.9. The summed E-state index contributed by atoms with van der Waals surface area (Å²) in [5.74, 6) is -1.77. The predicted molar refractivity (Wildman–Crippen MR) is 205 cm³/mol. The molecule has 1 saturated heterocycles. The molecule has 0 bridgehead atoms. The third-order valence-corrected chi connectivity index (χ3v) is 8.09. The van der Waals surface area contributed by atoms with Crippen LogP contribution in [-0.2, 0) is 28.7 Å². The van der Waals surface area contributed by atoms with Gasteiger partial charge in [-0.3, -0.25) is 19.3 Å². The monoisotopic (exact) mass is 724 g/mol. The number of esters is 1. The van der Waals surface area contributed by atoms with E-state index in [9.17, 15) is 28.8 Å². The highest BCUT2D eigenvalue weighted by atomic mass is 16.6. The first-order chi connectivity index (χ1) is 23.9. The number of amides is 4. The van der Waals surface area contributed by atoms with Gasteiger partial charge in [0, 0.05) is 6.54 Å². The molecule has 12 nitrogen and oxygen atoms in total. The molecule has 4 amide bonds. The first-order valence-corrected chi connectivity index (χ1v) is 19.0. The molecule has 51 heavy (non-hydrogen) atoms. The second-order valence-corrected chi connectivity index (χ2v) is 15.1. The number of ether oxygens (including phenoxy) is 1. The zero-order valence-electron chi connectivity index (χ0n) is 34.0. The summed E-state index contributed by atoms with van der Waals surface area (Å²) in [6, 6.07) is -2.77. The van der Waals surface area contributed by atoms with Crippen molar-refractivity contribution < 1.29 is 33.5 Å². The molecule has 1 aliphatic carbocycles. The molecule has 2 aliphatic rings. The normalized spacial score (nSPS) is 17.8. The van der Waals surface area contributed by atoms with Crippen LogP contribution < -0.4 is 21.3 Å². The number of nitrogens with one attached hydrogen (secondary N) is 4. The van der Waals surface area contributed by atoms with Crippen LogP contribution >= 0.6 is 0 Å². The number of carbonyl (C=O) groups excluding carboxylic acids is 6. The molecular weight excluding hydrogens is 650 g/mol. The fourth-order valence-corrected chi connectivity index (χ4v) is 5.46. The SMILES string of the molecule is C=CCNC(=O)C(=O)C(CCC)NC(=O)C1CCCN1C.CC.CC(C)(C)OC(=O)[C@@H](NC(=O)NC(C=O)C(C)(C)C)C1CCCCC1.CCC. The fourth-order valence-electron chi connectivity index (χ4n) is 5.46. The van der Waals surface area contributed by atoms with Crippen molar-refractivity contribution in [1.29, 1.82) is 0 Å². The van der Waals surface area contributed by atoms with Crippen LogP contribution in [0.5, 0.6) is 0 Å². The van der Waals surface area contributed by atoms with Gasteiger partial charge in [-0.15, -0.1) is 6.58 Å². The second-order valence-electron chi connectivity index (χ2n) is 15.1. The quantitative estimate of drug-likeness (QED) is 0.0794. The Hall–Kier alpha value is -3.28. The van der Waals surface area contributed by atoms with E-state index in [0.717, 1.165) is 57.8 Å². The lowest BCUT2D eigenvalue weighted by molar-refractivity contribution is -0.159. The summed E-state index contributed by atoms with van der Waals surface area (Å²) >= 11 is 0. The topological polar surface area (TPSA) is 163 Å². The van der Waals surface area contributed by atoms with Crippen molar-refractivity contribution in [3.8, 4) is 0 Å². The van der Waals surface area contributed by atoms with Crippen molar-refractivity contribution >= 4 is 35.9 Å². The molecular formula is C39H73N5O7. The van der Waals surface area contributed by atoms with Gasteiger partial charge < -0.3 is 30.8 Å². The number of hydrogen-bond donors (Lipinski definition) is 4. The van der Waals surface area contributed by atoms with Gasteiger partial charge >= 0.3 is 12.0 Å². The zero-order valence-corrected chi connectivity index (χ0v) is 34.0. The van der Waals surface area contributed by atoms with Crippen LogP contribution in [0.2, 0.25) is 0 Å². The van der Waals surface area contributed by atoms with Crippen LogP contribution in [0, 0.1) is 11.3 Å². The van der Waals surface area contributed by atoms with Crippen molar-refractivity contribution in [2.75, 3.05) is 20.1 Å². The minimum absolute atomic E-state index is 0.0682. The Morgan fingerprint density at radius 1 is 0.882 bits per heavy atom. The Balaban J connectivity index is 0. The molecule has 0 radical (unpaired) electrons. The summed E-state index contributed by atoms with van der Waals surface area (Å²) in [4.78, 5) is 74.3. The lowest BCUT2D eigenvalue weighted by atomic mass is 9.83. The van der Waals surface area contributed by atoms with E-state index in [1.165, 1.54) is 12.5 Å². The van der Waals surface area contributed by atoms with Crippen molar-refractivity contribution in [3.05, 3.63) is 12.7 Å². The summed E-state index contributed by atoms with van der Waals surface area (Å²) in [6.45, 7) is 25.8. The van der Waals surface area contributed by atoms with Gasteiger partial charge in [0.05, 0.1) is 18.1 Å². The minimum atomic E-state index is -0.749. The molecule has 12 heteroatoms. The van der Waals surface area contributed by atoms with Crippen molar-refractivity contribution in [2.45, 2.75) is 170 Å². The summed E-state index contributed by atoms with van der Waals surface area (Å²) in [5, 5.41) is 10.6. The Morgan fingerprint density at radius 3 is 1.88 bits per heavy atom. The number of aldehydes is 1. The van der Waals surface area contributed by atoms with Crippen molar-refractivity contribution in [2.24, 2.45) is 11.3 Å². The van der Waals surface area contributed by atoms with Crippen LogP contribution in [-0.4, -0.2) is 90.7 Å². The molecule has 0 aromatic heterocycles. The number of likely N-dealkylation sites (N-methyl/N-ethyl adjacent to an activating group) is 1. The van der Waals surface area contributed by atoms with Gasteiger partial charge in [0.25, 0.3) is 5.91 Å². The molecule has 1 saturated carbocycles. The summed E-state index contributed by atoms with van der Waals surface area (Å²) in [6.07, 6.45) is 11.4. The van der Waals surface area contributed by atoms with E-state index in [2.05, 4.69) is 41.7 Å². The highest BCUT2D eigenvalue weighted by molar-refractivity contribution is 6.38. The van der Waals surface area contributed by atoms with Crippen molar-refractivity contribution in [3.63, 3.8) is 0 Å². The molecule has 0 spiro atoms. The van der Waals surface area contributed by atoms with Gasteiger partial charge in [0.2, 0.25) is 11.7 Å². The maximum absolute atomic E-state index is 12.6. The number of carbonyl (C=O) groups is 6. The average Bonchev–Trinajstić information content (AvgIpc) is 3.50. The van der Waals surface area contributed by atoms with Gasteiger partial charge in [-0.25, -0.2) is 9.59 Å². The molecule has 2 fully saturated rings. The summed E-state index contributed by atoms with van der Waals surface area (Å²) in [5.41, 5.74) is -1.01. The molecule has 2 rings (SSSR count). The lowest BCUT2D eigenvalue weighted by Crippen LogP contribution is -2.55. The maximum Gasteiger partial charge on any atom is 0.329 e. The first kappa shape index (κ1) is 49.8. The number of urea groups is 1. The molecule has 4 atom stereocenters. The highest BCUT2D eigenvalue weighted by Gasteiger charge is 2.36. The Labute approximate surface area is 309 Å². The first-order valence-electron chi connectivity index (χ1n) is 19.0. The van der Waals surface area contributed by atoms with E-state index in [0.29, 0.717) is 12.8 Å². The highest BCUT2D eigenvalue weighted by Crippen LogP contribution is 2.28. The Morgan fingerprint density at radius 2 is 1.45 bits per heavy atom. The van der Waals surface area contributed by atoms with Crippen LogP contribution in [0.4, 0.5) is 4.79 Å². The molecule has 1 aliphatic heterocycles. The summed E-state index contributed by atoms with van der Waals surface area (Å²) in [7, 11) is 1.89. The van der Waals surface area contributed by atoms with E-state index < -0.39 is 52.8 Å². The van der Waals surface area contributed by atoms with Crippen LogP contribution in [0.3, 0.4) is 0 Å². The van der Waals surface area contributed by atoms with E-state index in [1.807, 2.05) is 74.3 Å². The smallest absolute Gasteiger partial charge is 0.329 e. The largest absolute Gasteiger partial charge is 0.458 e. The molecule has 0 aromatic rings. The van der Waals surface area contributed by atoms with Gasteiger partial charge in [-0.2, -0.15) is 0 Å². The number of ketones is 1. The predicted octanol–water partition coefficient (Wildman–Crippen LogP) is 5.87. The number of Topliss-reactive ketones (excluding diaryl/α,β-unsaturated/α-hetero) is 1. The second kappa shape index (κ2) is 26.5. The zero-order chi connectivity index (χ0) is 39.8.